The van der Waals surface area contributed by atoms with Gasteiger partial charge in [0.1, 0.15) is 11.7 Å². The largest absolute Gasteiger partial charge is 0.388 e. The first-order chi connectivity index (χ1) is 17.2. The van der Waals surface area contributed by atoms with Crippen molar-refractivity contribution in [2.75, 3.05) is 26.3 Å². The lowest BCUT2D eigenvalue weighted by atomic mass is 9.91. The smallest absolute Gasteiger partial charge is 0.323 e. The van der Waals surface area contributed by atoms with Gasteiger partial charge in [0.2, 0.25) is 5.91 Å². The fraction of sp³-hybridized carbons (Fsp3) is 0.462. The predicted molar refractivity (Wildman–Crippen MR) is 130 cm³/mol. The Bertz CT molecular complexity index is 1180. The molecule has 2 fully saturated rings. The number of amides is 3. The van der Waals surface area contributed by atoms with Crippen LogP contribution in [0.15, 0.2) is 41.5 Å². The maximum Gasteiger partial charge on any atom is 0.323 e. The Morgan fingerprint density at radius 1 is 1.22 bits per heavy atom. The Labute approximate surface area is 208 Å². The average molecular weight is 496 g/mol. The topological polar surface area (TPSA) is 116 Å². The zero-order valence-electron chi connectivity index (χ0n) is 20.3. The number of aliphatic hydroxyl groups is 1. The van der Waals surface area contributed by atoms with Crippen LogP contribution in [0, 0.1) is 17.7 Å². The fourth-order valence-electron chi connectivity index (χ4n) is 5.08. The molecule has 1 aromatic carbocycles. The molecular weight excluding hydrogens is 465 g/mol. The van der Waals surface area contributed by atoms with Crippen LogP contribution >= 0.6 is 0 Å². The number of rotatable bonds is 5. The van der Waals surface area contributed by atoms with Crippen LogP contribution in [-0.4, -0.2) is 64.7 Å². The number of hydrogen-bond donors (Lipinski definition) is 3. The van der Waals surface area contributed by atoms with Crippen LogP contribution in [0.2, 0.25) is 0 Å². The van der Waals surface area contributed by atoms with Crippen LogP contribution < -0.4 is 10.6 Å². The van der Waals surface area contributed by atoms with Crippen molar-refractivity contribution in [2.45, 2.75) is 38.5 Å². The Balaban J connectivity index is 1.20. The monoisotopic (exact) mass is 495 g/mol. The molecule has 0 radical (unpaired) electrons. The van der Waals surface area contributed by atoms with Crippen molar-refractivity contribution in [1.29, 1.82) is 0 Å². The Kier molecular flexibility index (Phi) is 6.48. The second-order valence-corrected chi connectivity index (χ2v) is 10.3. The number of benzene rings is 1. The minimum Gasteiger partial charge on any atom is -0.388 e. The van der Waals surface area contributed by atoms with Crippen LogP contribution in [0.1, 0.15) is 42.3 Å². The molecule has 3 amide bonds. The first-order valence-corrected chi connectivity index (χ1v) is 12.1. The summed E-state index contributed by atoms with van der Waals surface area (Å²) in [6.07, 6.45) is 1.63. The van der Waals surface area contributed by atoms with Gasteiger partial charge in [-0.2, -0.15) is 0 Å². The lowest BCUT2D eigenvalue weighted by Gasteiger charge is -2.30. The Morgan fingerprint density at radius 3 is 2.58 bits per heavy atom. The van der Waals surface area contributed by atoms with E-state index in [2.05, 4.69) is 20.6 Å². The quantitative estimate of drug-likeness (QED) is 0.586. The van der Waals surface area contributed by atoms with Crippen molar-refractivity contribution in [3.05, 3.63) is 64.7 Å². The number of aromatic nitrogens is 1. The molecule has 0 aliphatic carbocycles. The summed E-state index contributed by atoms with van der Waals surface area (Å²) in [5, 5.41) is 16.3. The number of nitrogens with zero attached hydrogens (tertiary/aromatic N) is 3. The fourth-order valence-corrected chi connectivity index (χ4v) is 5.08. The van der Waals surface area contributed by atoms with Crippen molar-refractivity contribution in [1.82, 2.24) is 20.5 Å². The lowest BCUT2D eigenvalue weighted by Crippen LogP contribution is -2.43. The number of hydrogen-bond acceptors (Lipinski definition) is 6. The number of carbonyl (C=O) groups is 2. The molecule has 5 rings (SSSR count). The summed E-state index contributed by atoms with van der Waals surface area (Å²) < 4.78 is 18.8. The Morgan fingerprint density at radius 2 is 1.92 bits per heavy atom. The molecule has 0 spiro atoms. The van der Waals surface area contributed by atoms with Gasteiger partial charge >= 0.3 is 6.03 Å². The van der Waals surface area contributed by atoms with E-state index < -0.39 is 17.5 Å². The standard InChI is InChI=1S/C26H30FN5O4/c1-26(2,35)23(15-3-5-19(27)6-4-15)30-22(33)8-20-7-16-9-29-24(21(16)10-28-20)31-25(34)32-11-17-13-36-14-18(17)12-32/h3-7,10,17-18,23,35H,8-9,11-14H2,1-2H3,(H,30,33)(H,29,31,34)/t17-,18+,23-/m0/s1. The maximum atomic E-state index is 13.3. The molecule has 3 aliphatic heterocycles. The van der Waals surface area contributed by atoms with Crippen molar-refractivity contribution in [3.63, 3.8) is 0 Å². The number of amidine groups is 1. The van der Waals surface area contributed by atoms with E-state index in [-0.39, 0.29) is 18.4 Å². The summed E-state index contributed by atoms with van der Waals surface area (Å²) in [6, 6.07) is 6.60. The number of ether oxygens (including phenoxy) is 1. The zero-order valence-corrected chi connectivity index (χ0v) is 20.3. The Hall–Kier alpha value is -3.37. The summed E-state index contributed by atoms with van der Waals surface area (Å²) in [7, 11) is 0. The average Bonchev–Trinajstić information content (AvgIpc) is 3.53. The number of urea groups is 1. The molecule has 2 aromatic rings. The van der Waals surface area contributed by atoms with Crippen molar-refractivity contribution >= 4 is 17.8 Å². The highest BCUT2D eigenvalue weighted by Crippen LogP contribution is 2.29. The number of carbonyl (C=O) groups excluding carboxylic acids is 2. The SMILES string of the molecule is CC(C)(O)[C@@H](NC(=O)Cc1cc2c(cn1)C(NC(=O)N1C[C@H]3COC[C@H]3C1)=NC2)c1ccc(F)cc1. The molecule has 2 saturated heterocycles. The van der Waals surface area contributed by atoms with Gasteiger partial charge in [-0.1, -0.05) is 12.1 Å². The normalized spacial score (nSPS) is 21.6. The van der Waals surface area contributed by atoms with Crippen LogP contribution in [0.3, 0.4) is 0 Å². The van der Waals surface area contributed by atoms with E-state index >= 15 is 0 Å². The minimum atomic E-state index is -1.26. The summed E-state index contributed by atoms with van der Waals surface area (Å²) in [5.74, 6) is 0.586. The van der Waals surface area contributed by atoms with Gasteiger partial charge in [0.05, 0.1) is 43.5 Å². The van der Waals surface area contributed by atoms with Crippen LogP contribution in [-0.2, 0) is 22.5 Å². The molecular formula is C26H30FN5O4. The first-order valence-electron chi connectivity index (χ1n) is 12.1. The molecule has 9 nitrogen and oxygen atoms in total. The van der Waals surface area contributed by atoms with Crippen LogP contribution in [0.25, 0.3) is 0 Å². The third-order valence-electron chi connectivity index (χ3n) is 7.02. The van der Waals surface area contributed by atoms with E-state index in [0.717, 1.165) is 11.1 Å². The summed E-state index contributed by atoms with van der Waals surface area (Å²) in [4.78, 5) is 36.3. The highest BCUT2D eigenvalue weighted by Gasteiger charge is 2.39. The van der Waals surface area contributed by atoms with Gasteiger partial charge in [-0.3, -0.25) is 20.1 Å². The van der Waals surface area contributed by atoms with E-state index in [1.165, 1.54) is 12.1 Å². The molecule has 3 aliphatic rings. The van der Waals surface area contributed by atoms with Crippen molar-refractivity contribution in [2.24, 2.45) is 16.8 Å². The number of aliphatic imine (C=N–C) groups is 1. The molecule has 0 saturated carbocycles. The molecule has 4 heterocycles. The molecule has 0 unspecified atom stereocenters. The van der Waals surface area contributed by atoms with E-state index in [9.17, 15) is 19.1 Å². The van der Waals surface area contributed by atoms with Gasteiger partial charge in [0.15, 0.2) is 0 Å². The molecule has 3 atom stereocenters. The molecule has 1 aromatic heterocycles. The second kappa shape index (κ2) is 9.59. The molecule has 10 heteroatoms. The van der Waals surface area contributed by atoms with Gasteiger partial charge in [-0.25, -0.2) is 9.18 Å². The number of halogens is 1. The van der Waals surface area contributed by atoms with Gasteiger partial charge in [0, 0.05) is 36.7 Å². The predicted octanol–water partition coefficient (Wildman–Crippen LogP) is 1.94. The number of likely N-dealkylation sites (tertiary alicyclic amines) is 1. The van der Waals surface area contributed by atoms with Crippen LogP contribution in [0.4, 0.5) is 9.18 Å². The van der Waals surface area contributed by atoms with Gasteiger partial charge < -0.3 is 20.1 Å². The summed E-state index contributed by atoms with van der Waals surface area (Å²) >= 11 is 0. The number of nitrogens with one attached hydrogen (secondary N) is 2. The zero-order chi connectivity index (χ0) is 25.4. The summed E-state index contributed by atoms with van der Waals surface area (Å²) in [5.41, 5.74) is 1.52. The van der Waals surface area contributed by atoms with E-state index in [1.807, 2.05) is 11.0 Å². The van der Waals surface area contributed by atoms with E-state index in [0.29, 0.717) is 61.8 Å². The van der Waals surface area contributed by atoms with Crippen molar-refractivity contribution in [3.8, 4) is 0 Å². The molecule has 3 N–H and O–H groups in total. The van der Waals surface area contributed by atoms with Crippen molar-refractivity contribution < 1.29 is 23.8 Å². The molecule has 190 valence electrons. The van der Waals surface area contributed by atoms with E-state index in [4.69, 9.17) is 4.74 Å². The minimum absolute atomic E-state index is 0.00136. The van der Waals surface area contributed by atoms with Gasteiger partial charge in [0.25, 0.3) is 0 Å². The molecule has 0 bridgehead atoms. The maximum absolute atomic E-state index is 13.3. The highest BCUT2D eigenvalue weighted by atomic mass is 19.1. The third-order valence-corrected chi connectivity index (χ3v) is 7.02. The highest BCUT2D eigenvalue weighted by molar-refractivity contribution is 6.09. The first kappa shape index (κ1) is 24.3. The second-order valence-electron chi connectivity index (χ2n) is 10.3. The third kappa shape index (κ3) is 5.10. The lowest BCUT2D eigenvalue weighted by molar-refractivity contribution is -0.123. The van der Waals surface area contributed by atoms with E-state index in [1.54, 1.807) is 32.2 Å². The molecule has 36 heavy (non-hydrogen) atoms. The number of fused-ring (bicyclic) bond motifs is 2. The summed E-state index contributed by atoms with van der Waals surface area (Å²) in [6.45, 7) is 6.36. The van der Waals surface area contributed by atoms with Gasteiger partial charge in [-0.05, 0) is 43.2 Å². The number of pyridine rings is 1. The van der Waals surface area contributed by atoms with Gasteiger partial charge in [-0.15, -0.1) is 0 Å². The van der Waals surface area contributed by atoms with Crippen LogP contribution in [0.5, 0.6) is 0 Å².